The van der Waals surface area contributed by atoms with E-state index < -0.39 is 6.04 Å². The van der Waals surface area contributed by atoms with Gasteiger partial charge in [0.05, 0.1) is 11.1 Å². The van der Waals surface area contributed by atoms with Gasteiger partial charge in [-0.1, -0.05) is 11.6 Å². The van der Waals surface area contributed by atoms with E-state index in [4.69, 9.17) is 16.3 Å². The van der Waals surface area contributed by atoms with Crippen LogP contribution in [0, 0.1) is 0 Å². The number of carbonyl (C=O) groups is 2. The number of anilines is 1. The minimum absolute atomic E-state index is 0.0329. The van der Waals surface area contributed by atoms with E-state index >= 15 is 0 Å². The van der Waals surface area contributed by atoms with Crippen molar-refractivity contribution in [2.24, 2.45) is 0 Å². The van der Waals surface area contributed by atoms with Gasteiger partial charge in [0.1, 0.15) is 11.8 Å². The average molecular weight is 326 g/mol. The van der Waals surface area contributed by atoms with E-state index in [2.05, 4.69) is 10.6 Å². The van der Waals surface area contributed by atoms with Gasteiger partial charge in [-0.25, -0.2) is 4.79 Å². The van der Waals surface area contributed by atoms with Crippen LogP contribution in [0.3, 0.4) is 0 Å². The number of amides is 3. The third-order valence-electron chi connectivity index (χ3n) is 3.17. The van der Waals surface area contributed by atoms with Crippen LogP contribution in [0.1, 0.15) is 20.8 Å². The predicted molar refractivity (Wildman–Crippen MR) is 85.4 cm³/mol. The monoisotopic (exact) mass is 325 g/mol. The molecule has 1 heterocycles. The number of nitrogens with zero attached hydrogens (tertiary/aromatic N) is 1. The number of hydrogen-bond donors (Lipinski definition) is 2. The maximum atomic E-state index is 12.2. The number of hydrogen-bond acceptors (Lipinski definition) is 4. The molecule has 0 aromatic heterocycles. The van der Waals surface area contributed by atoms with Crippen LogP contribution in [0.2, 0.25) is 5.02 Å². The van der Waals surface area contributed by atoms with Crippen LogP contribution < -0.4 is 15.4 Å². The zero-order valence-corrected chi connectivity index (χ0v) is 13.6. The van der Waals surface area contributed by atoms with Gasteiger partial charge < -0.3 is 15.4 Å². The first kappa shape index (κ1) is 16.4. The molecule has 1 atom stereocenters. The molecule has 0 spiro atoms. The number of rotatable bonds is 5. The van der Waals surface area contributed by atoms with Crippen LogP contribution in [-0.4, -0.2) is 42.1 Å². The van der Waals surface area contributed by atoms with Crippen molar-refractivity contribution in [3.8, 4) is 5.75 Å². The number of nitrogens with one attached hydrogen (secondary N) is 2. The molecule has 1 saturated heterocycles. The summed E-state index contributed by atoms with van der Waals surface area (Å²) in [4.78, 5) is 24.9. The van der Waals surface area contributed by atoms with E-state index in [0.29, 0.717) is 29.5 Å². The van der Waals surface area contributed by atoms with Gasteiger partial charge in [-0.15, -0.1) is 0 Å². The minimum atomic E-state index is -0.531. The highest BCUT2D eigenvalue weighted by atomic mass is 35.5. The van der Waals surface area contributed by atoms with Crippen molar-refractivity contribution in [3.05, 3.63) is 23.2 Å². The number of benzene rings is 1. The second-order valence-electron chi connectivity index (χ2n) is 5.40. The van der Waals surface area contributed by atoms with Crippen LogP contribution in [-0.2, 0) is 4.79 Å². The molecule has 0 unspecified atom stereocenters. The van der Waals surface area contributed by atoms with E-state index in [1.165, 1.54) is 4.90 Å². The largest absolute Gasteiger partial charge is 0.489 e. The first-order valence-electron chi connectivity index (χ1n) is 7.20. The van der Waals surface area contributed by atoms with E-state index in [1.54, 1.807) is 25.1 Å². The molecule has 1 aromatic rings. The molecule has 1 fully saturated rings. The minimum Gasteiger partial charge on any atom is -0.489 e. The standard InChI is InChI=1S/C15H20ClN3O3/c1-9(2)22-13-5-4-11(8-12(13)16)18-10(3)14(20)19-7-6-17-15(19)21/h4-5,8-10,18H,6-7H2,1-3H3,(H,17,21)/t10-/m1/s1. The third kappa shape index (κ3) is 3.82. The molecule has 7 heteroatoms. The molecule has 1 aromatic carbocycles. The summed E-state index contributed by atoms with van der Waals surface area (Å²) in [7, 11) is 0. The first-order valence-corrected chi connectivity index (χ1v) is 7.58. The van der Waals surface area contributed by atoms with Gasteiger partial charge in [0.2, 0.25) is 0 Å². The fraction of sp³-hybridized carbons (Fsp3) is 0.467. The Morgan fingerprint density at radius 3 is 2.68 bits per heavy atom. The average Bonchev–Trinajstić information content (AvgIpc) is 2.86. The molecule has 1 aliphatic rings. The van der Waals surface area contributed by atoms with Crippen molar-refractivity contribution in [2.45, 2.75) is 32.9 Å². The molecule has 2 rings (SSSR count). The maximum absolute atomic E-state index is 12.2. The Hall–Kier alpha value is -1.95. The van der Waals surface area contributed by atoms with Gasteiger partial charge in [0.25, 0.3) is 5.91 Å². The molecular formula is C15H20ClN3O3. The third-order valence-corrected chi connectivity index (χ3v) is 3.47. The molecular weight excluding hydrogens is 306 g/mol. The Morgan fingerprint density at radius 2 is 2.14 bits per heavy atom. The summed E-state index contributed by atoms with van der Waals surface area (Å²) in [5.74, 6) is 0.328. The second-order valence-corrected chi connectivity index (χ2v) is 5.81. The Balaban J connectivity index is 2.02. The second kappa shape index (κ2) is 6.87. The summed E-state index contributed by atoms with van der Waals surface area (Å²) >= 11 is 6.16. The first-order chi connectivity index (χ1) is 10.4. The van der Waals surface area contributed by atoms with Crippen molar-refractivity contribution in [1.29, 1.82) is 0 Å². The van der Waals surface area contributed by atoms with Crippen molar-refractivity contribution in [1.82, 2.24) is 10.2 Å². The van der Waals surface area contributed by atoms with Crippen molar-refractivity contribution in [3.63, 3.8) is 0 Å². The van der Waals surface area contributed by atoms with Crippen LogP contribution in [0.5, 0.6) is 5.75 Å². The van der Waals surface area contributed by atoms with Crippen LogP contribution in [0.25, 0.3) is 0 Å². The van der Waals surface area contributed by atoms with Gasteiger partial charge >= 0.3 is 6.03 Å². The number of imide groups is 1. The molecule has 0 aliphatic carbocycles. The topological polar surface area (TPSA) is 70.7 Å². The molecule has 3 amide bonds. The van der Waals surface area contributed by atoms with E-state index in [1.807, 2.05) is 13.8 Å². The van der Waals surface area contributed by atoms with Gasteiger partial charge in [-0.3, -0.25) is 9.69 Å². The number of carbonyl (C=O) groups excluding carboxylic acids is 2. The number of halogens is 1. The SMILES string of the molecule is CC(C)Oc1ccc(N[C@H](C)C(=O)N2CCNC2=O)cc1Cl. The summed E-state index contributed by atoms with van der Waals surface area (Å²) < 4.78 is 5.56. The lowest BCUT2D eigenvalue weighted by Crippen LogP contribution is -2.43. The summed E-state index contributed by atoms with van der Waals surface area (Å²) in [5, 5.41) is 6.12. The van der Waals surface area contributed by atoms with Gasteiger partial charge in [0.15, 0.2) is 0 Å². The molecule has 0 bridgehead atoms. The van der Waals surface area contributed by atoms with Crippen molar-refractivity contribution >= 4 is 29.2 Å². The lowest BCUT2D eigenvalue weighted by molar-refractivity contribution is -0.128. The highest BCUT2D eigenvalue weighted by Gasteiger charge is 2.29. The fourth-order valence-corrected chi connectivity index (χ4v) is 2.39. The zero-order chi connectivity index (χ0) is 16.3. The van der Waals surface area contributed by atoms with Crippen LogP contribution in [0.15, 0.2) is 18.2 Å². The van der Waals surface area contributed by atoms with Crippen LogP contribution in [0.4, 0.5) is 10.5 Å². The van der Waals surface area contributed by atoms with E-state index in [0.717, 1.165) is 0 Å². The molecule has 6 nitrogen and oxygen atoms in total. The predicted octanol–water partition coefficient (Wildman–Crippen LogP) is 2.48. The van der Waals surface area contributed by atoms with Gasteiger partial charge in [-0.05, 0) is 39.0 Å². The lowest BCUT2D eigenvalue weighted by atomic mass is 10.2. The maximum Gasteiger partial charge on any atom is 0.324 e. The summed E-state index contributed by atoms with van der Waals surface area (Å²) in [6, 6.07) is 4.36. The highest BCUT2D eigenvalue weighted by Crippen LogP contribution is 2.28. The quantitative estimate of drug-likeness (QED) is 0.872. The van der Waals surface area contributed by atoms with E-state index in [9.17, 15) is 9.59 Å². The Bertz CT molecular complexity index is 577. The highest BCUT2D eigenvalue weighted by molar-refractivity contribution is 6.32. The molecule has 1 aliphatic heterocycles. The summed E-state index contributed by atoms with van der Waals surface area (Å²) in [5.41, 5.74) is 0.696. The molecule has 2 N–H and O–H groups in total. The van der Waals surface area contributed by atoms with Gasteiger partial charge in [-0.2, -0.15) is 0 Å². The normalized spacial score (nSPS) is 15.7. The molecule has 22 heavy (non-hydrogen) atoms. The summed E-state index contributed by atoms with van der Waals surface area (Å²) in [6.45, 7) is 6.44. The Labute approximate surface area is 134 Å². The fourth-order valence-electron chi connectivity index (χ4n) is 2.17. The van der Waals surface area contributed by atoms with Crippen molar-refractivity contribution < 1.29 is 14.3 Å². The molecule has 0 radical (unpaired) electrons. The van der Waals surface area contributed by atoms with Gasteiger partial charge in [0, 0.05) is 18.8 Å². The lowest BCUT2D eigenvalue weighted by Gasteiger charge is -2.20. The summed E-state index contributed by atoms with van der Waals surface area (Å²) in [6.07, 6.45) is 0.0329. The number of urea groups is 1. The molecule has 0 saturated carbocycles. The van der Waals surface area contributed by atoms with E-state index in [-0.39, 0.29) is 18.0 Å². The smallest absolute Gasteiger partial charge is 0.324 e. The Kier molecular flexibility index (Phi) is 5.13. The Morgan fingerprint density at radius 1 is 1.41 bits per heavy atom. The van der Waals surface area contributed by atoms with Crippen LogP contribution >= 0.6 is 11.6 Å². The van der Waals surface area contributed by atoms with Crippen molar-refractivity contribution in [2.75, 3.05) is 18.4 Å². The number of ether oxygens (including phenoxy) is 1. The molecule has 120 valence electrons. The zero-order valence-electron chi connectivity index (χ0n) is 12.9.